The van der Waals surface area contributed by atoms with Crippen molar-refractivity contribution in [2.24, 2.45) is 19.5 Å². The third kappa shape index (κ3) is 5.28. The average Bonchev–Trinajstić information content (AvgIpc) is 3.46. The molecule has 2 saturated heterocycles. The molecule has 1 unspecified atom stereocenters. The Morgan fingerprint density at radius 3 is 2.40 bits per heavy atom. The number of aromatic nitrogens is 4. The van der Waals surface area contributed by atoms with Crippen LogP contribution in [0.25, 0.3) is 22.4 Å². The minimum absolute atomic E-state index is 0.0806. The van der Waals surface area contributed by atoms with Crippen LogP contribution in [0.4, 0.5) is 14.5 Å². The molecule has 2 fully saturated rings. The van der Waals surface area contributed by atoms with Crippen molar-refractivity contribution >= 4 is 29.1 Å². The Morgan fingerprint density at radius 2 is 1.72 bits per heavy atom. The SMILES string of the molecule is COc1nc(-c2ccc(F)c(-c3c(F)ccc(NC(=O)c4nn(C)c(=O)n(C)c4=O)c3C)c2Cl)cc2c1C(N1CC3(CN(C(C)=O)C3)C1)CC2. The van der Waals surface area contributed by atoms with Gasteiger partial charge in [0.2, 0.25) is 17.5 Å². The summed E-state index contributed by atoms with van der Waals surface area (Å²) in [6, 6.07) is 7.04. The molecule has 7 rings (SSSR count). The number of ether oxygens (including phenoxy) is 1. The van der Waals surface area contributed by atoms with Crippen LogP contribution in [0.2, 0.25) is 5.02 Å². The van der Waals surface area contributed by atoms with Crippen molar-refractivity contribution in [3.05, 3.63) is 90.2 Å². The van der Waals surface area contributed by atoms with E-state index in [0.29, 0.717) is 17.1 Å². The van der Waals surface area contributed by atoms with Crippen LogP contribution in [-0.2, 0) is 25.3 Å². The van der Waals surface area contributed by atoms with E-state index >= 15 is 8.78 Å². The fourth-order valence-corrected chi connectivity index (χ4v) is 7.93. The number of likely N-dealkylation sites (tertiary alicyclic amines) is 2. The van der Waals surface area contributed by atoms with Crippen molar-refractivity contribution in [3.8, 4) is 28.3 Å². The lowest BCUT2D eigenvalue weighted by Crippen LogP contribution is -2.72. The van der Waals surface area contributed by atoms with Crippen molar-refractivity contribution in [2.45, 2.75) is 32.7 Å². The highest BCUT2D eigenvalue weighted by Gasteiger charge is 2.55. The molecule has 1 aliphatic carbocycles. The molecular formula is C35H34ClF2N7O5. The normalized spacial score (nSPS) is 17.7. The fourth-order valence-electron chi connectivity index (χ4n) is 7.59. The first-order chi connectivity index (χ1) is 23.7. The smallest absolute Gasteiger partial charge is 0.346 e. The number of methoxy groups -OCH3 is 1. The minimum atomic E-state index is -0.936. The molecule has 50 heavy (non-hydrogen) atoms. The predicted octanol–water partition coefficient (Wildman–Crippen LogP) is 3.86. The second-order valence-corrected chi connectivity index (χ2v) is 13.8. The van der Waals surface area contributed by atoms with Gasteiger partial charge < -0.3 is 15.0 Å². The van der Waals surface area contributed by atoms with Crippen molar-refractivity contribution in [3.63, 3.8) is 0 Å². The molecule has 4 aromatic rings. The molecule has 2 aromatic carbocycles. The summed E-state index contributed by atoms with van der Waals surface area (Å²) in [6.07, 6.45) is 1.64. The maximum absolute atomic E-state index is 15.6. The molecule has 12 nitrogen and oxygen atoms in total. The molecule has 0 saturated carbocycles. The zero-order valence-electron chi connectivity index (χ0n) is 28.1. The summed E-state index contributed by atoms with van der Waals surface area (Å²) in [5, 5.41) is 6.24. The van der Waals surface area contributed by atoms with Gasteiger partial charge in [0.1, 0.15) is 11.6 Å². The molecule has 2 aromatic heterocycles. The number of rotatable bonds is 6. The minimum Gasteiger partial charge on any atom is -0.481 e. The number of nitrogens with zero attached hydrogens (tertiary/aromatic N) is 6. The molecule has 260 valence electrons. The van der Waals surface area contributed by atoms with Gasteiger partial charge in [0.25, 0.3) is 11.5 Å². The van der Waals surface area contributed by atoms with E-state index in [1.54, 1.807) is 14.0 Å². The van der Waals surface area contributed by atoms with Crippen LogP contribution in [0.5, 0.6) is 5.88 Å². The van der Waals surface area contributed by atoms with Gasteiger partial charge in [-0.2, -0.15) is 5.10 Å². The number of hydrogen-bond donors (Lipinski definition) is 1. The van der Waals surface area contributed by atoms with Gasteiger partial charge in [-0.05, 0) is 61.2 Å². The highest BCUT2D eigenvalue weighted by molar-refractivity contribution is 6.36. The lowest BCUT2D eigenvalue weighted by molar-refractivity contribution is -0.161. The van der Waals surface area contributed by atoms with Crippen LogP contribution in [-0.4, -0.2) is 74.2 Å². The number of hydrogen-bond acceptors (Lipinski definition) is 8. The van der Waals surface area contributed by atoms with Crippen LogP contribution >= 0.6 is 11.6 Å². The quantitative estimate of drug-likeness (QED) is 0.320. The number of fused-ring (bicyclic) bond motifs is 1. The van der Waals surface area contributed by atoms with Gasteiger partial charge in [-0.15, -0.1) is 0 Å². The molecule has 2 aliphatic heterocycles. The predicted molar refractivity (Wildman–Crippen MR) is 181 cm³/mol. The fraction of sp³-hybridized carbons (Fsp3) is 0.371. The lowest BCUT2D eigenvalue weighted by atomic mass is 9.72. The number of anilines is 1. The van der Waals surface area contributed by atoms with Crippen molar-refractivity contribution in [2.75, 3.05) is 38.6 Å². The molecule has 4 heterocycles. The standard InChI is InChI=1S/C35H34ClF2N7O5/c1-17-23(39-31(47)30-33(48)42(3)34(49)43(4)41-30)10-9-21(37)26(17)28-22(38)8-7-20(29(28)36)24-12-19-6-11-25(27(19)32(40-24)50-5)45-15-35(16-45)13-44(14-35)18(2)46/h7-10,12,25H,6,11,13-16H2,1-5H3,(H,39,47). The van der Waals surface area contributed by atoms with Gasteiger partial charge in [0.15, 0.2) is 0 Å². The van der Waals surface area contributed by atoms with Crippen molar-refractivity contribution in [1.29, 1.82) is 0 Å². The summed E-state index contributed by atoms with van der Waals surface area (Å²) >= 11 is 6.90. The molecule has 1 N–H and O–H groups in total. The highest BCUT2D eigenvalue weighted by atomic mass is 35.5. The monoisotopic (exact) mass is 705 g/mol. The molecule has 15 heteroatoms. The first-order valence-electron chi connectivity index (χ1n) is 16.0. The number of aryl methyl sites for hydroxylation is 2. The summed E-state index contributed by atoms with van der Waals surface area (Å²) < 4.78 is 38.6. The van der Waals surface area contributed by atoms with E-state index in [0.717, 1.165) is 65.5 Å². The second-order valence-electron chi connectivity index (χ2n) is 13.4. The zero-order chi connectivity index (χ0) is 35.8. The Morgan fingerprint density at radius 1 is 1.04 bits per heavy atom. The zero-order valence-corrected chi connectivity index (χ0v) is 28.8. The van der Waals surface area contributed by atoms with E-state index in [1.165, 1.54) is 39.2 Å². The van der Waals surface area contributed by atoms with Crippen LogP contribution < -0.4 is 21.3 Å². The van der Waals surface area contributed by atoms with Crippen LogP contribution in [0.1, 0.15) is 46.6 Å². The number of pyridine rings is 1. The first kappa shape index (κ1) is 33.5. The van der Waals surface area contributed by atoms with E-state index in [4.69, 9.17) is 21.3 Å². The largest absolute Gasteiger partial charge is 0.481 e. The Hall–Kier alpha value is -4.95. The van der Waals surface area contributed by atoms with Crippen LogP contribution in [0.3, 0.4) is 0 Å². The van der Waals surface area contributed by atoms with Gasteiger partial charge in [-0.25, -0.2) is 23.2 Å². The summed E-state index contributed by atoms with van der Waals surface area (Å²) in [4.78, 5) is 58.5. The van der Waals surface area contributed by atoms with E-state index in [-0.39, 0.29) is 44.8 Å². The molecule has 1 atom stereocenters. The maximum atomic E-state index is 15.6. The maximum Gasteiger partial charge on any atom is 0.346 e. The van der Waals surface area contributed by atoms with Gasteiger partial charge in [-0.3, -0.25) is 23.9 Å². The topological polar surface area (TPSA) is 132 Å². The molecule has 2 amide bonds. The second kappa shape index (κ2) is 12.1. The highest BCUT2D eigenvalue weighted by Crippen LogP contribution is 2.50. The van der Waals surface area contributed by atoms with Gasteiger partial charge in [-0.1, -0.05) is 11.6 Å². The molecule has 3 aliphatic rings. The molecule has 0 radical (unpaired) electrons. The number of benzene rings is 2. The number of amides is 2. The van der Waals surface area contributed by atoms with E-state index in [2.05, 4.69) is 15.3 Å². The first-order valence-corrected chi connectivity index (χ1v) is 16.4. The van der Waals surface area contributed by atoms with E-state index in [1.807, 2.05) is 11.0 Å². The Bertz CT molecular complexity index is 2240. The molecule has 0 bridgehead atoms. The third-order valence-corrected chi connectivity index (χ3v) is 10.5. The lowest BCUT2D eigenvalue weighted by Gasteiger charge is -2.61. The van der Waals surface area contributed by atoms with E-state index < -0.39 is 34.5 Å². The van der Waals surface area contributed by atoms with Crippen molar-refractivity contribution in [1.82, 2.24) is 29.1 Å². The third-order valence-electron chi connectivity index (χ3n) is 10.2. The van der Waals surface area contributed by atoms with Gasteiger partial charge >= 0.3 is 5.69 Å². The molecular weight excluding hydrogens is 672 g/mol. The summed E-state index contributed by atoms with van der Waals surface area (Å²) in [5.74, 6) is -1.98. The number of carbonyl (C=O) groups is 2. The molecule has 1 spiro atoms. The van der Waals surface area contributed by atoms with E-state index in [9.17, 15) is 19.2 Å². The van der Waals surface area contributed by atoms with Crippen LogP contribution in [0.15, 0.2) is 39.9 Å². The van der Waals surface area contributed by atoms with Crippen LogP contribution in [0, 0.1) is 24.0 Å². The summed E-state index contributed by atoms with van der Waals surface area (Å²) in [7, 11) is 4.06. The summed E-state index contributed by atoms with van der Waals surface area (Å²) in [5.41, 5.74) is 0.605. The Kier molecular flexibility index (Phi) is 8.14. The number of halogens is 3. The van der Waals surface area contributed by atoms with Crippen molar-refractivity contribution < 1.29 is 23.1 Å². The number of carbonyl (C=O) groups excluding carboxylic acids is 2. The Labute approximate surface area is 290 Å². The van der Waals surface area contributed by atoms with Gasteiger partial charge in [0, 0.05) is 86.6 Å². The van der Waals surface area contributed by atoms with Gasteiger partial charge in [0.05, 0.1) is 17.8 Å². The average molecular weight is 706 g/mol. The Balaban J connectivity index is 1.21. The number of nitrogens with one attached hydrogen (secondary N) is 1. The summed E-state index contributed by atoms with van der Waals surface area (Å²) in [6.45, 7) is 6.42.